The van der Waals surface area contributed by atoms with Gasteiger partial charge in [0.15, 0.2) is 5.96 Å². The lowest BCUT2D eigenvalue weighted by molar-refractivity contribution is 0.685. The molecule has 4 aromatic rings. The molecular formula is C23H27N7. The van der Waals surface area contributed by atoms with Crippen LogP contribution in [0.1, 0.15) is 23.7 Å². The molecule has 0 aliphatic carbocycles. The van der Waals surface area contributed by atoms with E-state index in [0.29, 0.717) is 13.1 Å². The summed E-state index contributed by atoms with van der Waals surface area (Å²) >= 11 is 0. The van der Waals surface area contributed by atoms with E-state index in [1.807, 2.05) is 42.3 Å². The van der Waals surface area contributed by atoms with Crippen LogP contribution in [0.5, 0.6) is 0 Å². The Bertz CT molecular complexity index is 1120. The van der Waals surface area contributed by atoms with Crippen LogP contribution in [0.3, 0.4) is 0 Å². The number of rotatable bonds is 7. The van der Waals surface area contributed by atoms with E-state index in [1.54, 1.807) is 6.20 Å². The third-order valence-electron chi connectivity index (χ3n) is 5.03. The number of guanidine groups is 1. The molecule has 30 heavy (non-hydrogen) atoms. The highest BCUT2D eigenvalue weighted by atomic mass is 15.3. The predicted octanol–water partition coefficient (Wildman–Crippen LogP) is 3.07. The minimum atomic E-state index is 0.620. The van der Waals surface area contributed by atoms with Crippen molar-refractivity contribution >= 4 is 17.0 Å². The summed E-state index contributed by atoms with van der Waals surface area (Å²) in [5, 5.41) is 10.8. The Morgan fingerprint density at radius 3 is 2.57 bits per heavy atom. The van der Waals surface area contributed by atoms with Gasteiger partial charge in [-0.15, -0.1) is 0 Å². The lowest BCUT2D eigenvalue weighted by Crippen LogP contribution is -2.37. The smallest absolute Gasteiger partial charge is 0.191 e. The quantitative estimate of drug-likeness (QED) is 0.369. The number of hydrogen-bond donors (Lipinski definition) is 2. The number of benzene rings is 2. The number of aliphatic imine (C=N–C) groups is 1. The minimum absolute atomic E-state index is 0.620. The van der Waals surface area contributed by atoms with Crippen LogP contribution in [0.2, 0.25) is 0 Å². The monoisotopic (exact) mass is 401 g/mol. The van der Waals surface area contributed by atoms with Gasteiger partial charge in [0.1, 0.15) is 0 Å². The Morgan fingerprint density at radius 1 is 1.00 bits per heavy atom. The summed E-state index contributed by atoms with van der Waals surface area (Å²) < 4.78 is 4.03. The van der Waals surface area contributed by atoms with Crippen LogP contribution in [-0.2, 0) is 26.7 Å². The van der Waals surface area contributed by atoms with Crippen LogP contribution in [0, 0.1) is 0 Å². The van der Waals surface area contributed by atoms with E-state index in [9.17, 15) is 0 Å². The van der Waals surface area contributed by atoms with Gasteiger partial charge in [0.2, 0.25) is 0 Å². The number of para-hydroxylation sites is 2. The minimum Gasteiger partial charge on any atom is -0.357 e. The first-order chi connectivity index (χ1) is 14.7. The summed E-state index contributed by atoms with van der Waals surface area (Å²) in [4.78, 5) is 9.17. The van der Waals surface area contributed by atoms with Crippen molar-refractivity contribution in [3.8, 4) is 0 Å². The van der Waals surface area contributed by atoms with Crippen molar-refractivity contribution in [2.24, 2.45) is 12.0 Å². The Labute approximate surface area is 176 Å². The van der Waals surface area contributed by atoms with Gasteiger partial charge in [-0.25, -0.2) is 9.98 Å². The topological polar surface area (TPSA) is 72.1 Å². The van der Waals surface area contributed by atoms with Gasteiger partial charge in [0.05, 0.1) is 36.1 Å². The molecule has 7 heteroatoms. The number of aryl methyl sites for hydroxylation is 1. The van der Waals surface area contributed by atoms with E-state index in [2.05, 4.69) is 62.5 Å². The van der Waals surface area contributed by atoms with Crippen molar-refractivity contribution in [2.75, 3.05) is 6.54 Å². The maximum absolute atomic E-state index is 4.71. The van der Waals surface area contributed by atoms with Gasteiger partial charge in [0.25, 0.3) is 0 Å². The Hall–Kier alpha value is -3.61. The number of imidazole rings is 1. The molecule has 0 amide bonds. The van der Waals surface area contributed by atoms with Crippen LogP contribution in [0.4, 0.5) is 0 Å². The zero-order valence-corrected chi connectivity index (χ0v) is 17.4. The standard InChI is InChI=1S/C23H27N7/c1-3-24-23(26-15-20-12-13-28-29(20)2)25-14-18-8-10-19(11-9-18)16-30-17-27-21-6-4-5-7-22(21)30/h4-13,17H,3,14-16H2,1-2H3,(H2,24,25,26). The zero-order chi connectivity index (χ0) is 20.8. The first-order valence-electron chi connectivity index (χ1n) is 10.2. The predicted molar refractivity (Wildman–Crippen MR) is 120 cm³/mol. The number of fused-ring (bicyclic) bond motifs is 1. The van der Waals surface area contributed by atoms with Crippen molar-refractivity contribution in [3.05, 3.63) is 83.9 Å². The Morgan fingerprint density at radius 2 is 1.80 bits per heavy atom. The molecule has 0 spiro atoms. The Kier molecular flexibility index (Phi) is 6.08. The zero-order valence-electron chi connectivity index (χ0n) is 17.4. The summed E-state index contributed by atoms with van der Waals surface area (Å²) in [6.07, 6.45) is 3.70. The summed E-state index contributed by atoms with van der Waals surface area (Å²) in [5.41, 5.74) is 5.70. The molecule has 2 aromatic carbocycles. The lowest BCUT2D eigenvalue weighted by atomic mass is 10.1. The molecule has 0 saturated heterocycles. The van der Waals surface area contributed by atoms with Crippen molar-refractivity contribution in [1.29, 1.82) is 0 Å². The largest absolute Gasteiger partial charge is 0.357 e. The second kappa shape index (κ2) is 9.26. The van der Waals surface area contributed by atoms with Gasteiger partial charge in [-0.05, 0) is 36.2 Å². The first-order valence-corrected chi connectivity index (χ1v) is 10.2. The third kappa shape index (κ3) is 4.68. The molecule has 0 unspecified atom stereocenters. The fourth-order valence-corrected chi connectivity index (χ4v) is 3.34. The maximum Gasteiger partial charge on any atom is 0.191 e. The van der Waals surface area contributed by atoms with Crippen molar-refractivity contribution in [1.82, 2.24) is 30.0 Å². The van der Waals surface area contributed by atoms with E-state index in [0.717, 1.165) is 35.8 Å². The maximum atomic E-state index is 4.71. The van der Waals surface area contributed by atoms with Gasteiger partial charge >= 0.3 is 0 Å². The summed E-state index contributed by atoms with van der Waals surface area (Å²) in [7, 11) is 1.94. The molecule has 7 nitrogen and oxygen atoms in total. The number of aromatic nitrogens is 4. The molecule has 2 heterocycles. The van der Waals surface area contributed by atoms with Crippen molar-refractivity contribution in [3.63, 3.8) is 0 Å². The molecule has 0 radical (unpaired) electrons. The summed E-state index contributed by atoms with van der Waals surface area (Å²) in [6, 6.07) is 18.8. The highest BCUT2D eigenvalue weighted by molar-refractivity contribution is 5.79. The van der Waals surface area contributed by atoms with Gasteiger partial charge < -0.3 is 15.2 Å². The van der Waals surface area contributed by atoms with E-state index >= 15 is 0 Å². The molecule has 2 N–H and O–H groups in total. The SMILES string of the molecule is CCNC(=NCc1ccc(Cn2cnc3ccccc32)cc1)NCc1ccnn1C. The van der Waals surface area contributed by atoms with Crippen LogP contribution >= 0.6 is 0 Å². The highest BCUT2D eigenvalue weighted by Crippen LogP contribution is 2.14. The van der Waals surface area contributed by atoms with Gasteiger partial charge in [0, 0.05) is 26.3 Å². The van der Waals surface area contributed by atoms with Gasteiger partial charge in [-0.2, -0.15) is 5.10 Å². The molecule has 2 aromatic heterocycles. The molecule has 0 fully saturated rings. The van der Waals surface area contributed by atoms with Crippen molar-refractivity contribution < 1.29 is 0 Å². The summed E-state index contributed by atoms with van der Waals surface area (Å²) in [5.74, 6) is 0.799. The average molecular weight is 402 g/mol. The molecular weight excluding hydrogens is 374 g/mol. The number of hydrogen-bond acceptors (Lipinski definition) is 3. The number of nitrogens with zero attached hydrogens (tertiary/aromatic N) is 5. The number of nitrogens with one attached hydrogen (secondary N) is 2. The van der Waals surface area contributed by atoms with E-state index in [-0.39, 0.29) is 0 Å². The third-order valence-corrected chi connectivity index (χ3v) is 5.03. The molecule has 0 aliphatic rings. The Balaban J connectivity index is 1.38. The molecule has 0 atom stereocenters. The molecule has 0 saturated carbocycles. The van der Waals surface area contributed by atoms with E-state index < -0.39 is 0 Å². The second-order valence-corrected chi connectivity index (χ2v) is 7.17. The molecule has 0 bridgehead atoms. The lowest BCUT2D eigenvalue weighted by Gasteiger charge is -2.11. The summed E-state index contributed by atoms with van der Waals surface area (Å²) in [6.45, 7) is 4.99. The van der Waals surface area contributed by atoms with Crippen LogP contribution in [0.25, 0.3) is 11.0 Å². The first kappa shape index (κ1) is 19.7. The van der Waals surface area contributed by atoms with Crippen LogP contribution < -0.4 is 10.6 Å². The molecule has 0 aliphatic heterocycles. The van der Waals surface area contributed by atoms with E-state index in [1.165, 1.54) is 11.1 Å². The highest BCUT2D eigenvalue weighted by Gasteiger charge is 2.04. The van der Waals surface area contributed by atoms with Crippen LogP contribution in [-0.4, -0.2) is 31.8 Å². The van der Waals surface area contributed by atoms with E-state index in [4.69, 9.17) is 4.99 Å². The van der Waals surface area contributed by atoms with Crippen LogP contribution in [0.15, 0.2) is 72.1 Å². The molecule has 154 valence electrons. The fourth-order valence-electron chi connectivity index (χ4n) is 3.34. The van der Waals surface area contributed by atoms with Gasteiger partial charge in [-0.1, -0.05) is 36.4 Å². The fraction of sp³-hybridized carbons (Fsp3) is 0.261. The van der Waals surface area contributed by atoms with Gasteiger partial charge in [-0.3, -0.25) is 4.68 Å². The normalized spacial score (nSPS) is 11.7. The van der Waals surface area contributed by atoms with Crippen molar-refractivity contribution in [2.45, 2.75) is 26.6 Å². The second-order valence-electron chi connectivity index (χ2n) is 7.17. The molecule has 4 rings (SSSR count). The average Bonchev–Trinajstić information content (AvgIpc) is 3.37.